The average molecular weight is 295 g/mol. The molecule has 0 aliphatic carbocycles. The van der Waals surface area contributed by atoms with Crippen LogP contribution in [0.3, 0.4) is 0 Å². The fourth-order valence-corrected chi connectivity index (χ4v) is 2.75. The molecule has 0 saturated carbocycles. The third kappa shape index (κ3) is 3.46. The Hall–Kier alpha value is -2.65. The fourth-order valence-electron chi connectivity index (χ4n) is 2.00. The van der Waals surface area contributed by atoms with E-state index in [1.807, 2.05) is 24.3 Å². The largest absolute Gasteiger partial charge is 0.380 e. The standard InChI is InChI=1S/C15H13N5S/c16-7-14-4-5-15(21-14)8-18-13-3-1-2-12(6-13)9-20-11-17-10-19-20/h1-6,10-11,18H,8-9H2. The highest BCUT2D eigenvalue weighted by molar-refractivity contribution is 7.12. The van der Waals surface area contributed by atoms with Crippen molar-refractivity contribution < 1.29 is 0 Å². The predicted octanol–water partition coefficient (Wildman–Crippen LogP) is 2.87. The van der Waals surface area contributed by atoms with Crippen molar-refractivity contribution in [2.45, 2.75) is 13.1 Å². The van der Waals surface area contributed by atoms with Crippen LogP contribution in [0.5, 0.6) is 0 Å². The normalized spacial score (nSPS) is 10.2. The first kappa shape index (κ1) is 13.3. The second-order valence-electron chi connectivity index (χ2n) is 4.52. The molecule has 5 nitrogen and oxygen atoms in total. The van der Waals surface area contributed by atoms with E-state index in [-0.39, 0.29) is 0 Å². The first-order valence-corrected chi connectivity index (χ1v) is 7.29. The summed E-state index contributed by atoms with van der Waals surface area (Å²) in [4.78, 5) is 5.83. The zero-order chi connectivity index (χ0) is 14.5. The van der Waals surface area contributed by atoms with Crippen LogP contribution >= 0.6 is 11.3 Å². The van der Waals surface area contributed by atoms with Gasteiger partial charge in [-0.15, -0.1) is 11.3 Å². The molecule has 3 aromatic rings. The Morgan fingerprint density at radius 3 is 3.00 bits per heavy atom. The minimum absolute atomic E-state index is 0.701. The molecule has 1 aromatic carbocycles. The number of aromatic nitrogens is 3. The number of nitrogens with one attached hydrogen (secondary N) is 1. The lowest BCUT2D eigenvalue weighted by Gasteiger charge is -2.07. The number of thiophene rings is 1. The first-order valence-electron chi connectivity index (χ1n) is 6.47. The van der Waals surface area contributed by atoms with Crippen LogP contribution in [-0.2, 0) is 13.1 Å². The minimum Gasteiger partial charge on any atom is -0.380 e. The van der Waals surface area contributed by atoms with Gasteiger partial charge in [-0.05, 0) is 29.8 Å². The monoisotopic (exact) mass is 295 g/mol. The van der Waals surface area contributed by atoms with Gasteiger partial charge in [0.1, 0.15) is 23.6 Å². The highest BCUT2D eigenvalue weighted by Crippen LogP contribution is 2.18. The van der Waals surface area contributed by atoms with E-state index in [1.165, 1.54) is 17.7 Å². The minimum atomic E-state index is 0.701. The number of nitriles is 1. The van der Waals surface area contributed by atoms with Crippen molar-refractivity contribution in [3.8, 4) is 6.07 Å². The van der Waals surface area contributed by atoms with Gasteiger partial charge >= 0.3 is 0 Å². The fraction of sp³-hybridized carbons (Fsp3) is 0.133. The van der Waals surface area contributed by atoms with Crippen LogP contribution in [0.2, 0.25) is 0 Å². The van der Waals surface area contributed by atoms with Crippen molar-refractivity contribution in [2.24, 2.45) is 0 Å². The third-order valence-electron chi connectivity index (χ3n) is 2.98. The maximum Gasteiger partial charge on any atom is 0.137 e. The number of hydrogen-bond acceptors (Lipinski definition) is 5. The number of nitrogens with zero attached hydrogens (tertiary/aromatic N) is 4. The quantitative estimate of drug-likeness (QED) is 0.786. The van der Waals surface area contributed by atoms with Crippen LogP contribution in [0.25, 0.3) is 0 Å². The van der Waals surface area contributed by atoms with Gasteiger partial charge in [-0.1, -0.05) is 12.1 Å². The zero-order valence-electron chi connectivity index (χ0n) is 11.2. The van der Waals surface area contributed by atoms with Crippen LogP contribution in [0.15, 0.2) is 49.1 Å². The molecule has 0 spiro atoms. The molecule has 3 rings (SSSR count). The van der Waals surface area contributed by atoms with Crippen molar-refractivity contribution in [3.05, 3.63) is 64.4 Å². The van der Waals surface area contributed by atoms with Gasteiger partial charge in [0.15, 0.2) is 0 Å². The molecule has 6 heteroatoms. The molecule has 0 saturated heterocycles. The zero-order valence-corrected chi connectivity index (χ0v) is 12.0. The van der Waals surface area contributed by atoms with Crippen molar-refractivity contribution in [2.75, 3.05) is 5.32 Å². The average Bonchev–Trinajstić information content (AvgIpc) is 3.17. The van der Waals surface area contributed by atoms with Gasteiger partial charge in [-0.3, -0.25) is 0 Å². The van der Waals surface area contributed by atoms with E-state index in [4.69, 9.17) is 5.26 Å². The highest BCUT2D eigenvalue weighted by Gasteiger charge is 2.01. The Morgan fingerprint density at radius 2 is 2.24 bits per heavy atom. The number of rotatable bonds is 5. The Kier molecular flexibility index (Phi) is 3.94. The molecule has 0 fully saturated rings. The van der Waals surface area contributed by atoms with E-state index in [9.17, 15) is 0 Å². The summed E-state index contributed by atoms with van der Waals surface area (Å²) in [5.74, 6) is 0. The Labute approximate surface area is 126 Å². The Morgan fingerprint density at radius 1 is 1.29 bits per heavy atom. The first-order chi connectivity index (χ1) is 10.3. The number of anilines is 1. The second kappa shape index (κ2) is 6.20. The third-order valence-corrected chi connectivity index (χ3v) is 3.97. The Balaban J connectivity index is 1.64. The van der Waals surface area contributed by atoms with E-state index in [1.54, 1.807) is 11.0 Å². The van der Waals surface area contributed by atoms with Crippen molar-refractivity contribution in [3.63, 3.8) is 0 Å². The van der Waals surface area contributed by atoms with Crippen LogP contribution in [0.4, 0.5) is 5.69 Å². The van der Waals surface area contributed by atoms with Gasteiger partial charge in [-0.25, -0.2) is 9.67 Å². The maximum absolute atomic E-state index is 8.82. The van der Waals surface area contributed by atoms with Gasteiger partial charge in [-0.2, -0.15) is 10.4 Å². The van der Waals surface area contributed by atoms with E-state index < -0.39 is 0 Å². The molecule has 0 aliphatic rings. The SMILES string of the molecule is N#Cc1ccc(CNc2cccc(Cn3cncn3)c2)s1. The number of hydrogen-bond donors (Lipinski definition) is 1. The Bertz CT molecular complexity index is 754. The lowest BCUT2D eigenvalue weighted by atomic mass is 10.2. The number of benzene rings is 1. The molecule has 0 aliphatic heterocycles. The lowest BCUT2D eigenvalue weighted by molar-refractivity contribution is 0.685. The van der Waals surface area contributed by atoms with E-state index in [0.29, 0.717) is 6.54 Å². The van der Waals surface area contributed by atoms with Crippen LogP contribution in [0.1, 0.15) is 15.3 Å². The van der Waals surface area contributed by atoms with Gasteiger partial charge in [0.25, 0.3) is 0 Å². The van der Waals surface area contributed by atoms with E-state index in [0.717, 1.165) is 27.5 Å². The summed E-state index contributed by atoms with van der Waals surface area (Å²) in [6.07, 6.45) is 3.24. The molecule has 104 valence electrons. The van der Waals surface area contributed by atoms with Crippen LogP contribution in [0, 0.1) is 11.3 Å². The van der Waals surface area contributed by atoms with Crippen LogP contribution in [-0.4, -0.2) is 14.8 Å². The predicted molar refractivity (Wildman–Crippen MR) is 81.9 cm³/mol. The summed E-state index contributed by atoms with van der Waals surface area (Å²) in [6.45, 7) is 1.42. The topological polar surface area (TPSA) is 66.5 Å². The van der Waals surface area contributed by atoms with Gasteiger partial charge in [0, 0.05) is 17.1 Å². The molecule has 0 radical (unpaired) electrons. The molecule has 0 unspecified atom stereocenters. The molecule has 0 atom stereocenters. The summed E-state index contributed by atoms with van der Waals surface area (Å²) in [5.41, 5.74) is 2.22. The van der Waals surface area contributed by atoms with Crippen molar-refractivity contribution in [1.29, 1.82) is 5.26 Å². The molecule has 2 heterocycles. The molecule has 2 aromatic heterocycles. The highest BCUT2D eigenvalue weighted by atomic mass is 32.1. The second-order valence-corrected chi connectivity index (χ2v) is 5.69. The van der Waals surface area contributed by atoms with Gasteiger partial charge in [0.05, 0.1) is 6.54 Å². The van der Waals surface area contributed by atoms with Gasteiger partial charge in [0.2, 0.25) is 0 Å². The van der Waals surface area contributed by atoms with Gasteiger partial charge < -0.3 is 5.32 Å². The summed E-state index contributed by atoms with van der Waals surface area (Å²) >= 11 is 1.51. The molecule has 21 heavy (non-hydrogen) atoms. The van der Waals surface area contributed by atoms with E-state index >= 15 is 0 Å². The molecule has 0 bridgehead atoms. The van der Waals surface area contributed by atoms with Crippen molar-refractivity contribution >= 4 is 17.0 Å². The van der Waals surface area contributed by atoms with Crippen LogP contribution < -0.4 is 5.32 Å². The molecular weight excluding hydrogens is 282 g/mol. The summed E-state index contributed by atoms with van der Waals surface area (Å²) in [5, 5.41) is 16.3. The molecule has 1 N–H and O–H groups in total. The summed E-state index contributed by atoms with van der Waals surface area (Å²) in [7, 11) is 0. The maximum atomic E-state index is 8.82. The lowest BCUT2D eigenvalue weighted by Crippen LogP contribution is -2.02. The van der Waals surface area contributed by atoms with Crippen molar-refractivity contribution in [1.82, 2.24) is 14.8 Å². The smallest absolute Gasteiger partial charge is 0.137 e. The summed E-state index contributed by atoms with van der Waals surface area (Å²) in [6, 6.07) is 14.2. The summed E-state index contributed by atoms with van der Waals surface area (Å²) < 4.78 is 1.79. The molecule has 0 amide bonds. The molecular formula is C15H13N5S. The van der Waals surface area contributed by atoms with E-state index in [2.05, 4.69) is 33.6 Å².